The van der Waals surface area contributed by atoms with E-state index in [-0.39, 0.29) is 11.8 Å². The SMILES string of the molecule is Cc1cc(C)cc(NC(=O)C2CCN(c3cc(C)nc4ncnn34)CC2)c1. The maximum Gasteiger partial charge on any atom is 0.254 e. The fourth-order valence-electron chi connectivity index (χ4n) is 3.80. The van der Waals surface area contributed by atoms with Gasteiger partial charge in [0.25, 0.3) is 5.78 Å². The van der Waals surface area contributed by atoms with E-state index in [0.717, 1.165) is 54.3 Å². The summed E-state index contributed by atoms with van der Waals surface area (Å²) in [5.74, 6) is 1.73. The van der Waals surface area contributed by atoms with Crippen LogP contribution in [-0.2, 0) is 4.79 Å². The third-order valence-corrected chi connectivity index (χ3v) is 5.04. The maximum absolute atomic E-state index is 12.7. The molecule has 27 heavy (non-hydrogen) atoms. The molecule has 0 atom stereocenters. The van der Waals surface area contributed by atoms with Crippen molar-refractivity contribution < 1.29 is 4.79 Å². The maximum atomic E-state index is 12.7. The smallest absolute Gasteiger partial charge is 0.254 e. The Labute approximate surface area is 158 Å². The molecule has 0 bridgehead atoms. The molecule has 1 saturated heterocycles. The standard InChI is InChI=1S/C20H24N6O/c1-13-8-14(2)10-17(9-13)24-19(27)16-4-6-25(7-5-16)18-11-15(3)23-20-21-12-22-26(18)20/h8-12,16H,4-7H2,1-3H3,(H,24,27). The van der Waals surface area contributed by atoms with Gasteiger partial charge in [-0.05, 0) is 56.9 Å². The van der Waals surface area contributed by atoms with Gasteiger partial charge in [0.15, 0.2) is 0 Å². The summed E-state index contributed by atoms with van der Waals surface area (Å²) in [6.45, 7) is 7.67. The van der Waals surface area contributed by atoms with E-state index in [4.69, 9.17) is 0 Å². The summed E-state index contributed by atoms with van der Waals surface area (Å²) >= 11 is 0. The Morgan fingerprint density at radius 2 is 1.78 bits per heavy atom. The lowest BCUT2D eigenvalue weighted by Crippen LogP contribution is -2.39. The van der Waals surface area contributed by atoms with Crippen LogP contribution in [0.25, 0.3) is 5.78 Å². The van der Waals surface area contributed by atoms with Crippen molar-refractivity contribution in [3.63, 3.8) is 0 Å². The summed E-state index contributed by atoms with van der Waals surface area (Å²) in [5, 5.41) is 7.37. The van der Waals surface area contributed by atoms with Crippen molar-refractivity contribution in [3.05, 3.63) is 47.4 Å². The number of fused-ring (bicyclic) bond motifs is 1. The highest BCUT2D eigenvalue weighted by Crippen LogP contribution is 2.25. The number of carbonyl (C=O) groups is 1. The molecular weight excluding hydrogens is 340 g/mol. The number of nitrogens with zero attached hydrogens (tertiary/aromatic N) is 5. The number of aryl methyl sites for hydroxylation is 3. The van der Waals surface area contributed by atoms with E-state index in [1.54, 1.807) is 4.52 Å². The largest absolute Gasteiger partial charge is 0.356 e. The second-order valence-electron chi connectivity index (χ2n) is 7.35. The zero-order valence-corrected chi connectivity index (χ0v) is 15.9. The second kappa shape index (κ2) is 6.98. The number of piperidine rings is 1. The van der Waals surface area contributed by atoms with Crippen LogP contribution in [0.4, 0.5) is 11.5 Å². The average molecular weight is 364 g/mol. The molecule has 0 saturated carbocycles. The topological polar surface area (TPSA) is 75.4 Å². The molecule has 7 heteroatoms. The number of benzene rings is 1. The van der Waals surface area contributed by atoms with E-state index in [1.807, 2.05) is 39.0 Å². The molecular formula is C20H24N6O. The van der Waals surface area contributed by atoms with Gasteiger partial charge in [-0.25, -0.2) is 4.98 Å². The number of rotatable bonds is 3. The molecule has 7 nitrogen and oxygen atoms in total. The zero-order valence-electron chi connectivity index (χ0n) is 15.9. The van der Waals surface area contributed by atoms with E-state index >= 15 is 0 Å². The Bertz CT molecular complexity index is 967. The molecule has 1 fully saturated rings. The summed E-state index contributed by atoms with van der Waals surface area (Å²) in [7, 11) is 0. The van der Waals surface area contributed by atoms with E-state index < -0.39 is 0 Å². The lowest BCUT2D eigenvalue weighted by Gasteiger charge is -2.32. The van der Waals surface area contributed by atoms with Gasteiger partial charge >= 0.3 is 0 Å². The highest BCUT2D eigenvalue weighted by Gasteiger charge is 2.26. The monoisotopic (exact) mass is 364 g/mol. The number of nitrogens with one attached hydrogen (secondary N) is 1. The van der Waals surface area contributed by atoms with Crippen LogP contribution < -0.4 is 10.2 Å². The Morgan fingerprint density at radius 1 is 1.07 bits per heavy atom. The van der Waals surface area contributed by atoms with Crippen LogP contribution in [-0.4, -0.2) is 38.6 Å². The summed E-state index contributed by atoms with van der Waals surface area (Å²) in [5.41, 5.74) is 4.12. The molecule has 1 aromatic carbocycles. The average Bonchev–Trinajstić information content (AvgIpc) is 3.08. The fraction of sp³-hybridized carbons (Fsp3) is 0.400. The van der Waals surface area contributed by atoms with Crippen molar-refractivity contribution in [1.29, 1.82) is 0 Å². The van der Waals surface area contributed by atoms with Crippen LogP contribution in [0, 0.1) is 26.7 Å². The Balaban J connectivity index is 1.44. The van der Waals surface area contributed by atoms with Crippen LogP contribution in [0.15, 0.2) is 30.6 Å². The third-order valence-electron chi connectivity index (χ3n) is 5.04. The first kappa shape index (κ1) is 17.5. The number of carbonyl (C=O) groups excluding carboxylic acids is 1. The first-order chi connectivity index (χ1) is 13.0. The molecule has 4 rings (SSSR count). The second-order valence-corrected chi connectivity index (χ2v) is 7.35. The van der Waals surface area contributed by atoms with Gasteiger partial charge in [-0.3, -0.25) is 4.79 Å². The number of aromatic nitrogens is 4. The van der Waals surface area contributed by atoms with Crippen LogP contribution in [0.1, 0.15) is 29.7 Å². The van der Waals surface area contributed by atoms with Crippen molar-refractivity contribution in [1.82, 2.24) is 19.6 Å². The van der Waals surface area contributed by atoms with Crippen molar-refractivity contribution in [3.8, 4) is 0 Å². The minimum absolute atomic E-state index is 0.0243. The van der Waals surface area contributed by atoms with Gasteiger partial charge in [0.2, 0.25) is 5.91 Å². The molecule has 3 heterocycles. The van der Waals surface area contributed by atoms with Crippen molar-refractivity contribution in [2.24, 2.45) is 5.92 Å². The Kier molecular flexibility index (Phi) is 4.51. The number of anilines is 2. The first-order valence-electron chi connectivity index (χ1n) is 9.31. The molecule has 0 radical (unpaired) electrons. The zero-order chi connectivity index (χ0) is 19.0. The third kappa shape index (κ3) is 3.63. The van der Waals surface area contributed by atoms with Gasteiger partial charge in [-0.2, -0.15) is 14.6 Å². The van der Waals surface area contributed by atoms with Gasteiger partial charge in [0, 0.05) is 36.5 Å². The predicted octanol–water partition coefficient (Wildman–Crippen LogP) is 2.90. The number of hydrogen-bond donors (Lipinski definition) is 1. The van der Waals surface area contributed by atoms with E-state index in [1.165, 1.54) is 6.33 Å². The lowest BCUT2D eigenvalue weighted by molar-refractivity contribution is -0.120. The Morgan fingerprint density at radius 3 is 2.48 bits per heavy atom. The summed E-state index contributed by atoms with van der Waals surface area (Å²) in [6, 6.07) is 8.16. The highest BCUT2D eigenvalue weighted by atomic mass is 16.1. The van der Waals surface area contributed by atoms with Gasteiger partial charge in [0.1, 0.15) is 12.1 Å². The molecule has 1 aliphatic rings. The van der Waals surface area contributed by atoms with E-state index in [0.29, 0.717) is 5.78 Å². The number of amides is 1. The molecule has 0 unspecified atom stereocenters. The molecule has 2 aromatic heterocycles. The first-order valence-corrected chi connectivity index (χ1v) is 9.31. The van der Waals surface area contributed by atoms with Gasteiger partial charge < -0.3 is 10.2 Å². The molecule has 3 aromatic rings. The Hall–Kier alpha value is -2.96. The minimum Gasteiger partial charge on any atom is -0.356 e. The van der Waals surface area contributed by atoms with E-state index in [2.05, 4.69) is 31.3 Å². The minimum atomic E-state index is 0.0243. The normalized spacial score (nSPS) is 15.3. The molecule has 1 aliphatic heterocycles. The van der Waals surface area contributed by atoms with Crippen LogP contribution >= 0.6 is 0 Å². The van der Waals surface area contributed by atoms with Gasteiger partial charge in [-0.1, -0.05) is 6.07 Å². The molecule has 1 N–H and O–H groups in total. The predicted molar refractivity (Wildman–Crippen MR) is 105 cm³/mol. The van der Waals surface area contributed by atoms with Crippen molar-refractivity contribution in [2.75, 3.05) is 23.3 Å². The molecule has 0 aliphatic carbocycles. The van der Waals surface area contributed by atoms with Crippen LogP contribution in [0.2, 0.25) is 0 Å². The van der Waals surface area contributed by atoms with Crippen molar-refractivity contribution >= 4 is 23.2 Å². The van der Waals surface area contributed by atoms with Gasteiger partial charge in [-0.15, -0.1) is 0 Å². The molecule has 140 valence electrons. The van der Waals surface area contributed by atoms with Crippen molar-refractivity contribution in [2.45, 2.75) is 33.6 Å². The highest BCUT2D eigenvalue weighted by molar-refractivity contribution is 5.92. The molecule has 0 spiro atoms. The quantitative estimate of drug-likeness (QED) is 0.773. The summed E-state index contributed by atoms with van der Waals surface area (Å²) in [4.78, 5) is 23.5. The van der Waals surface area contributed by atoms with Crippen LogP contribution in [0.5, 0.6) is 0 Å². The summed E-state index contributed by atoms with van der Waals surface area (Å²) in [6.07, 6.45) is 3.15. The molecule has 1 amide bonds. The summed E-state index contributed by atoms with van der Waals surface area (Å²) < 4.78 is 1.77. The van der Waals surface area contributed by atoms with E-state index in [9.17, 15) is 4.79 Å². The fourth-order valence-corrected chi connectivity index (χ4v) is 3.80. The van der Waals surface area contributed by atoms with Crippen LogP contribution in [0.3, 0.4) is 0 Å². The van der Waals surface area contributed by atoms with Gasteiger partial charge in [0.05, 0.1) is 0 Å². The lowest BCUT2D eigenvalue weighted by atomic mass is 9.95. The number of hydrogen-bond acceptors (Lipinski definition) is 5.